The third-order valence-corrected chi connectivity index (χ3v) is 3.52. The summed E-state index contributed by atoms with van der Waals surface area (Å²) in [5, 5.41) is 4.67. The van der Waals surface area contributed by atoms with Crippen LogP contribution >= 0.6 is 0 Å². The number of hydrogen-bond acceptors (Lipinski definition) is 2. The van der Waals surface area contributed by atoms with E-state index in [4.69, 9.17) is 5.73 Å². The van der Waals surface area contributed by atoms with Gasteiger partial charge in [0.25, 0.3) is 0 Å². The molecule has 0 bridgehead atoms. The first-order valence-corrected chi connectivity index (χ1v) is 7.33. The lowest BCUT2D eigenvalue weighted by Crippen LogP contribution is -2.05. The molecule has 0 radical (unpaired) electrons. The predicted octanol–water partition coefficient (Wildman–Crippen LogP) is 3.35. The van der Waals surface area contributed by atoms with E-state index in [-0.39, 0.29) is 0 Å². The molecule has 0 atom stereocenters. The Morgan fingerprint density at radius 1 is 1.09 bits per heavy atom. The summed E-state index contributed by atoms with van der Waals surface area (Å²) in [6.45, 7) is 2.04. The van der Waals surface area contributed by atoms with E-state index in [0.717, 1.165) is 22.5 Å². The zero-order valence-electron chi connectivity index (χ0n) is 12.8. The Morgan fingerprint density at radius 2 is 1.78 bits per heavy atom. The van der Waals surface area contributed by atoms with Crippen molar-refractivity contribution in [2.24, 2.45) is 5.73 Å². The number of nitrogens with zero attached hydrogens (tertiary/aromatic N) is 2. The average molecular weight is 303 g/mol. The molecule has 0 aliphatic heterocycles. The standard InChI is InChI=1S/C19H17N3O/c1-14-7-9-15(10-8-14)19-16(11-12-18(20)23)13-22(21-19)17-5-3-2-4-6-17/h2-13H,1H3,(H2,20,23)/b12-11+. The summed E-state index contributed by atoms with van der Waals surface area (Å²) in [4.78, 5) is 11.1. The monoisotopic (exact) mass is 303 g/mol. The van der Waals surface area contributed by atoms with Gasteiger partial charge in [-0.05, 0) is 25.1 Å². The number of carbonyl (C=O) groups is 1. The number of amides is 1. The molecule has 1 amide bonds. The Kier molecular flexibility index (Phi) is 4.06. The van der Waals surface area contributed by atoms with Crippen molar-refractivity contribution in [2.45, 2.75) is 6.92 Å². The molecule has 2 N–H and O–H groups in total. The molecule has 23 heavy (non-hydrogen) atoms. The normalized spacial score (nSPS) is 11.0. The van der Waals surface area contributed by atoms with Crippen molar-refractivity contribution in [1.82, 2.24) is 9.78 Å². The van der Waals surface area contributed by atoms with Crippen molar-refractivity contribution in [2.75, 3.05) is 0 Å². The van der Waals surface area contributed by atoms with E-state index < -0.39 is 5.91 Å². The Hall–Kier alpha value is -3.14. The summed E-state index contributed by atoms with van der Waals surface area (Å²) >= 11 is 0. The van der Waals surface area contributed by atoms with E-state index in [1.165, 1.54) is 11.6 Å². The van der Waals surface area contributed by atoms with Gasteiger partial charge in [0.15, 0.2) is 0 Å². The molecular formula is C19H17N3O. The van der Waals surface area contributed by atoms with Gasteiger partial charge in [-0.3, -0.25) is 4.79 Å². The van der Waals surface area contributed by atoms with E-state index in [1.54, 1.807) is 10.8 Å². The van der Waals surface area contributed by atoms with E-state index >= 15 is 0 Å². The fourth-order valence-electron chi connectivity index (χ4n) is 2.33. The van der Waals surface area contributed by atoms with Gasteiger partial charge in [-0.25, -0.2) is 4.68 Å². The van der Waals surface area contributed by atoms with Crippen LogP contribution < -0.4 is 5.73 Å². The largest absolute Gasteiger partial charge is 0.366 e. The smallest absolute Gasteiger partial charge is 0.241 e. The number of para-hydroxylation sites is 1. The van der Waals surface area contributed by atoms with Gasteiger partial charge in [-0.1, -0.05) is 48.0 Å². The summed E-state index contributed by atoms with van der Waals surface area (Å²) in [6, 6.07) is 18.0. The Morgan fingerprint density at radius 3 is 2.43 bits per heavy atom. The summed E-state index contributed by atoms with van der Waals surface area (Å²) < 4.78 is 1.80. The second-order valence-electron chi connectivity index (χ2n) is 5.31. The highest BCUT2D eigenvalue weighted by Gasteiger charge is 2.10. The highest BCUT2D eigenvalue weighted by Crippen LogP contribution is 2.25. The van der Waals surface area contributed by atoms with Crippen molar-refractivity contribution in [1.29, 1.82) is 0 Å². The van der Waals surface area contributed by atoms with E-state index in [0.29, 0.717) is 0 Å². The Labute approximate surface area is 134 Å². The number of nitrogens with two attached hydrogens (primary N) is 1. The highest BCUT2D eigenvalue weighted by atomic mass is 16.1. The number of hydrogen-bond donors (Lipinski definition) is 1. The van der Waals surface area contributed by atoms with Crippen LogP contribution in [0.3, 0.4) is 0 Å². The minimum absolute atomic E-state index is 0.479. The molecule has 4 heteroatoms. The van der Waals surface area contributed by atoms with Crippen LogP contribution in [-0.4, -0.2) is 15.7 Å². The van der Waals surface area contributed by atoms with Crippen molar-refractivity contribution >= 4 is 12.0 Å². The SMILES string of the molecule is Cc1ccc(-c2nn(-c3ccccc3)cc2/C=C/C(N)=O)cc1. The zero-order chi connectivity index (χ0) is 16.2. The molecule has 0 saturated heterocycles. The Balaban J connectivity index is 2.10. The van der Waals surface area contributed by atoms with Gasteiger partial charge in [-0.2, -0.15) is 5.10 Å². The van der Waals surface area contributed by atoms with Crippen LogP contribution in [0.15, 0.2) is 66.9 Å². The van der Waals surface area contributed by atoms with Crippen LogP contribution in [0.5, 0.6) is 0 Å². The molecule has 1 aromatic heterocycles. The van der Waals surface area contributed by atoms with Crippen molar-refractivity contribution in [3.8, 4) is 16.9 Å². The van der Waals surface area contributed by atoms with Gasteiger partial charge in [0.05, 0.1) is 11.4 Å². The highest BCUT2D eigenvalue weighted by molar-refractivity contribution is 5.91. The minimum Gasteiger partial charge on any atom is -0.366 e. The van der Waals surface area contributed by atoms with E-state index in [9.17, 15) is 4.79 Å². The van der Waals surface area contributed by atoms with Gasteiger partial charge >= 0.3 is 0 Å². The minimum atomic E-state index is -0.479. The lowest BCUT2D eigenvalue weighted by Gasteiger charge is -2.01. The van der Waals surface area contributed by atoms with Crippen LogP contribution in [0.4, 0.5) is 0 Å². The molecule has 1 heterocycles. The molecule has 2 aromatic carbocycles. The van der Waals surface area contributed by atoms with Gasteiger partial charge < -0.3 is 5.73 Å². The molecule has 0 saturated carbocycles. The van der Waals surface area contributed by atoms with Gasteiger partial charge in [-0.15, -0.1) is 0 Å². The van der Waals surface area contributed by atoms with Crippen LogP contribution in [0.1, 0.15) is 11.1 Å². The van der Waals surface area contributed by atoms with Gasteiger partial charge in [0.2, 0.25) is 5.91 Å². The maximum absolute atomic E-state index is 11.1. The number of primary amides is 1. The zero-order valence-corrected chi connectivity index (χ0v) is 12.8. The number of benzene rings is 2. The molecule has 114 valence electrons. The van der Waals surface area contributed by atoms with Crippen molar-refractivity contribution in [3.05, 3.63) is 78.0 Å². The number of aryl methyl sites for hydroxylation is 1. The maximum atomic E-state index is 11.1. The number of aromatic nitrogens is 2. The van der Waals surface area contributed by atoms with Gasteiger partial charge in [0, 0.05) is 23.4 Å². The molecule has 0 spiro atoms. The summed E-state index contributed by atoms with van der Waals surface area (Å²) in [7, 11) is 0. The van der Waals surface area contributed by atoms with Gasteiger partial charge in [0.1, 0.15) is 0 Å². The van der Waals surface area contributed by atoms with Crippen LogP contribution in [0, 0.1) is 6.92 Å². The van der Waals surface area contributed by atoms with Crippen molar-refractivity contribution < 1.29 is 4.79 Å². The first-order chi connectivity index (χ1) is 11.1. The van der Waals surface area contributed by atoms with Crippen LogP contribution in [0.2, 0.25) is 0 Å². The lowest BCUT2D eigenvalue weighted by atomic mass is 10.1. The number of carbonyl (C=O) groups excluding carboxylic acids is 1. The molecular weight excluding hydrogens is 286 g/mol. The third-order valence-electron chi connectivity index (χ3n) is 3.52. The molecule has 3 rings (SSSR count). The maximum Gasteiger partial charge on any atom is 0.241 e. The molecule has 3 aromatic rings. The second kappa shape index (κ2) is 6.32. The van der Waals surface area contributed by atoms with Crippen LogP contribution in [-0.2, 0) is 4.79 Å². The van der Waals surface area contributed by atoms with E-state index in [2.05, 4.69) is 5.10 Å². The second-order valence-corrected chi connectivity index (χ2v) is 5.31. The third kappa shape index (κ3) is 3.37. The fraction of sp³-hybridized carbons (Fsp3) is 0.0526. The Bertz CT molecular complexity index is 846. The van der Waals surface area contributed by atoms with Crippen LogP contribution in [0.25, 0.3) is 23.0 Å². The average Bonchev–Trinajstić information content (AvgIpc) is 2.99. The molecule has 0 unspecified atom stereocenters. The molecule has 0 aliphatic rings. The summed E-state index contributed by atoms with van der Waals surface area (Å²) in [5.41, 5.74) is 10.0. The predicted molar refractivity (Wildman–Crippen MR) is 92.0 cm³/mol. The topological polar surface area (TPSA) is 60.9 Å². The first kappa shape index (κ1) is 14.8. The number of rotatable bonds is 4. The molecule has 0 aliphatic carbocycles. The van der Waals surface area contributed by atoms with E-state index in [1.807, 2.05) is 67.7 Å². The lowest BCUT2D eigenvalue weighted by molar-refractivity contribution is -0.113. The summed E-state index contributed by atoms with van der Waals surface area (Å²) in [6.07, 6.45) is 4.94. The van der Waals surface area contributed by atoms with Crippen molar-refractivity contribution in [3.63, 3.8) is 0 Å². The fourth-order valence-corrected chi connectivity index (χ4v) is 2.33. The molecule has 4 nitrogen and oxygen atoms in total. The summed E-state index contributed by atoms with van der Waals surface area (Å²) in [5.74, 6) is -0.479. The first-order valence-electron chi connectivity index (χ1n) is 7.33. The quantitative estimate of drug-likeness (QED) is 0.751. The molecule has 0 fully saturated rings.